The van der Waals surface area contributed by atoms with Crippen molar-refractivity contribution < 1.29 is 28.3 Å². The lowest BCUT2D eigenvalue weighted by Gasteiger charge is -2.36. The summed E-state index contributed by atoms with van der Waals surface area (Å²) in [6, 6.07) is 12.8. The van der Waals surface area contributed by atoms with Crippen LogP contribution in [-0.4, -0.2) is 49.3 Å². The maximum absolute atomic E-state index is 14.6. The van der Waals surface area contributed by atoms with Crippen LogP contribution in [-0.2, 0) is 11.2 Å². The molecule has 0 fully saturated rings. The van der Waals surface area contributed by atoms with Crippen molar-refractivity contribution in [3.8, 4) is 5.69 Å². The van der Waals surface area contributed by atoms with Crippen LogP contribution < -0.4 is 5.32 Å². The van der Waals surface area contributed by atoms with Gasteiger partial charge in [0, 0.05) is 12.2 Å². The van der Waals surface area contributed by atoms with Gasteiger partial charge in [-0.25, -0.2) is 18.3 Å². The average molecular weight is 538 g/mol. The summed E-state index contributed by atoms with van der Waals surface area (Å²) in [4.78, 5) is 39.4. The number of hydrogen-bond acceptors (Lipinski definition) is 5. The standard InChI is InChI=1S/C26H18ClF2N5O4/c27-18-4-2-6-21(22(18)29)34-13-20(31-32-34)25(36)33-12-11-16-17(3-1-5-19(16)28)23(33)24(35)30-15-9-7-14(8-10-15)26(37)38/h1-10,13,23H,11-12H2,(H,30,35)(H,37,38). The van der Waals surface area contributed by atoms with Gasteiger partial charge in [-0.05, 0) is 60.0 Å². The van der Waals surface area contributed by atoms with Gasteiger partial charge in [0.25, 0.3) is 11.8 Å². The molecule has 2 amide bonds. The molecule has 0 radical (unpaired) electrons. The van der Waals surface area contributed by atoms with E-state index in [0.717, 1.165) is 4.68 Å². The molecular weight excluding hydrogens is 520 g/mol. The second kappa shape index (κ2) is 10.0. The van der Waals surface area contributed by atoms with Crippen molar-refractivity contribution in [3.05, 3.63) is 106 Å². The molecule has 0 spiro atoms. The van der Waals surface area contributed by atoms with Crippen LogP contribution in [0.1, 0.15) is 38.0 Å². The first-order chi connectivity index (χ1) is 18.2. The lowest BCUT2D eigenvalue weighted by Crippen LogP contribution is -2.45. The number of benzene rings is 3. The highest BCUT2D eigenvalue weighted by Gasteiger charge is 2.38. The molecule has 1 aliphatic heterocycles. The minimum absolute atomic E-state index is 0.00118. The van der Waals surface area contributed by atoms with Gasteiger partial charge in [0.15, 0.2) is 11.5 Å². The van der Waals surface area contributed by atoms with Crippen LogP contribution in [0.4, 0.5) is 14.5 Å². The van der Waals surface area contributed by atoms with Gasteiger partial charge in [0.05, 0.1) is 16.8 Å². The van der Waals surface area contributed by atoms with Gasteiger partial charge in [0.1, 0.15) is 17.5 Å². The fourth-order valence-corrected chi connectivity index (χ4v) is 4.50. The number of aromatic carboxylic acids is 1. The number of carboxylic acids is 1. The monoisotopic (exact) mass is 537 g/mol. The molecule has 38 heavy (non-hydrogen) atoms. The van der Waals surface area contributed by atoms with Crippen LogP contribution >= 0.6 is 11.6 Å². The molecule has 2 heterocycles. The highest BCUT2D eigenvalue weighted by molar-refractivity contribution is 6.30. The van der Waals surface area contributed by atoms with Crippen LogP contribution in [0.25, 0.3) is 5.69 Å². The van der Waals surface area contributed by atoms with Crippen molar-refractivity contribution in [2.75, 3.05) is 11.9 Å². The molecule has 1 aromatic heterocycles. The SMILES string of the molecule is O=C(O)c1ccc(NC(=O)C2c3cccc(F)c3CCN2C(=O)c2cn(-c3cccc(Cl)c3F)nn2)cc1. The highest BCUT2D eigenvalue weighted by atomic mass is 35.5. The number of carbonyl (C=O) groups is 3. The van der Waals surface area contributed by atoms with Gasteiger partial charge in [0.2, 0.25) is 0 Å². The molecule has 192 valence electrons. The third-order valence-corrected chi connectivity index (χ3v) is 6.46. The maximum atomic E-state index is 14.6. The number of nitrogens with one attached hydrogen (secondary N) is 1. The number of carbonyl (C=O) groups excluding carboxylic acids is 2. The third-order valence-electron chi connectivity index (χ3n) is 6.16. The zero-order valence-corrected chi connectivity index (χ0v) is 20.2. The number of nitrogens with zero attached hydrogens (tertiary/aromatic N) is 4. The molecule has 0 saturated carbocycles. The number of anilines is 1. The Hall–Kier alpha value is -4.64. The minimum atomic E-state index is -1.23. The molecular formula is C26H18ClF2N5O4. The maximum Gasteiger partial charge on any atom is 0.335 e. The number of rotatable bonds is 5. The molecule has 1 aliphatic rings. The zero-order chi connectivity index (χ0) is 27.0. The summed E-state index contributed by atoms with van der Waals surface area (Å²) in [5, 5.41) is 19.3. The number of amides is 2. The second-order valence-corrected chi connectivity index (χ2v) is 8.86. The Bertz CT molecular complexity index is 1570. The summed E-state index contributed by atoms with van der Waals surface area (Å²) in [6.45, 7) is 0.00118. The van der Waals surface area contributed by atoms with E-state index in [-0.39, 0.29) is 34.9 Å². The number of hydrogen-bond donors (Lipinski definition) is 2. The predicted molar refractivity (Wildman–Crippen MR) is 132 cm³/mol. The van der Waals surface area contributed by atoms with E-state index < -0.39 is 35.5 Å². The van der Waals surface area contributed by atoms with Crippen molar-refractivity contribution in [2.24, 2.45) is 0 Å². The van der Waals surface area contributed by atoms with Crippen molar-refractivity contribution in [2.45, 2.75) is 12.5 Å². The Morgan fingerprint density at radius 1 is 1.03 bits per heavy atom. The van der Waals surface area contributed by atoms with Gasteiger partial charge in [-0.3, -0.25) is 9.59 Å². The first-order valence-corrected chi connectivity index (χ1v) is 11.7. The van der Waals surface area contributed by atoms with Crippen molar-refractivity contribution >= 4 is 35.1 Å². The molecule has 4 aromatic rings. The Labute approximate surface area is 219 Å². The minimum Gasteiger partial charge on any atom is -0.478 e. The smallest absolute Gasteiger partial charge is 0.335 e. The lowest BCUT2D eigenvalue weighted by molar-refractivity contribution is -0.121. The normalized spacial score (nSPS) is 14.6. The molecule has 3 aromatic carbocycles. The van der Waals surface area contributed by atoms with E-state index >= 15 is 0 Å². The van der Waals surface area contributed by atoms with E-state index in [1.54, 1.807) is 6.07 Å². The Morgan fingerprint density at radius 3 is 2.50 bits per heavy atom. The topological polar surface area (TPSA) is 117 Å². The van der Waals surface area contributed by atoms with E-state index in [2.05, 4.69) is 15.6 Å². The van der Waals surface area contributed by atoms with Gasteiger partial charge < -0.3 is 15.3 Å². The fraction of sp³-hybridized carbons (Fsp3) is 0.115. The van der Waals surface area contributed by atoms with Gasteiger partial charge >= 0.3 is 5.97 Å². The largest absolute Gasteiger partial charge is 0.478 e. The van der Waals surface area contributed by atoms with Gasteiger partial charge in [-0.1, -0.05) is 35.0 Å². The first-order valence-electron chi connectivity index (χ1n) is 11.3. The molecule has 0 bridgehead atoms. The average Bonchev–Trinajstić information content (AvgIpc) is 3.40. The van der Waals surface area contributed by atoms with Gasteiger partial charge in [-0.2, -0.15) is 0 Å². The van der Waals surface area contributed by atoms with Gasteiger partial charge in [-0.15, -0.1) is 5.10 Å². The van der Waals surface area contributed by atoms with Crippen molar-refractivity contribution in [1.82, 2.24) is 19.9 Å². The Kier molecular flexibility index (Phi) is 6.60. The summed E-state index contributed by atoms with van der Waals surface area (Å²) < 4.78 is 30.1. The molecule has 1 unspecified atom stereocenters. The Balaban J connectivity index is 1.48. The van der Waals surface area contributed by atoms with E-state index in [1.165, 1.54) is 65.7 Å². The van der Waals surface area contributed by atoms with Crippen LogP contribution in [0.5, 0.6) is 0 Å². The fourth-order valence-electron chi connectivity index (χ4n) is 4.33. The summed E-state index contributed by atoms with van der Waals surface area (Å²) in [6.07, 6.45) is 1.37. The third kappa shape index (κ3) is 4.59. The quantitative estimate of drug-likeness (QED) is 0.392. The number of fused-ring (bicyclic) bond motifs is 1. The molecule has 5 rings (SSSR count). The van der Waals surface area contributed by atoms with Crippen LogP contribution in [0.2, 0.25) is 5.02 Å². The van der Waals surface area contributed by atoms with Crippen LogP contribution in [0.3, 0.4) is 0 Å². The lowest BCUT2D eigenvalue weighted by atomic mass is 9.91. The van der Waals surface area contributed by atoms with Crippen LogP contribution in [0.15, 0.2) is 66.9 Å². The molecule has 12 heteroatoms. The van der Waals surface area contributed by atoms with E-state index in [9.17, 15) is 23.2 Å². The van der Waals surface area contributed by atoms with E-state index in [4.69, 9.17) is 16.7 Å². The zero-order valence-electron chi connectivity index (χ0n) is 19.4. The predicted octanol–water partition coefficient (Wildman–Crippen LogP) is 4.28. The van der Waals surface area contributed by atoms with Crippen molar-refractivity contribution in [1.29, 1.82) is 0 Å². The molecule has 0 saturated heterocycles. The molecule has 1 atom stereocenters. The summed E-state index contributed by atoms with van der Waals surface area (Å²) in [5.41, 5.74) is 0.754. The number of halogens is 3. The molecule has 2 N–H and O–H groups in total. The summed E-state index contributed by atoms with van der Waals surface area (Å²) in [5.74, 6) is -3.68. The van der Waals surface area contributed by atoms with Crippen molar-refractivity contribution in [3.63, 3.8) is 0 Å². The molecule has 0 aliphatic carbocycles. The Morgan fingerprint density at radius 2 is 1.76 bits per heavy atom. The summed E-state index contributed by atoms with van der Waals surface area (Å²) in [7, 11) is 0. The first kappa shape index (κ1) is 25.0. The van der Waals surface area contributed by atoms with E-state index in [1.807, 2.05) is 0 Å². The summed E-state index contributed by atoms with van der Waals surface area (Å²) >= 11 is 5.84. The van der Waals surface area contributed by atoms with Crippen LogP contribution in [0, 0.1) is 11.6 Å². The highest BCUT2D eigenvalue weighted by Crippen LogP contribution is 2.33. The number of aromatic nitrogens is 3. The number of carboxylic acid groups (broad SMARTS) is 1. The molecule has 9 nitrogen and oxygen atoms in total. The second-order valence-electron chi connectivity index (χ2n) is 8.45. The van der Waals surface area contributed by atoms with E-state index in [0.29, 0.717) is 16.8 Å².